The highest BCUT2D eigenvalue weighted by Crippen LogP contribution is 2.29. The summed E-state index contributed by atoms with van der Waals surface area (Å²) in [5.74, 6) is -0.0397. The zero-order valence-electron chi connectivity index (χ0n) is 13.2. The van der Waals surface area contributed by atoms with Gasteiger partial charge < -0.3 is 10.1 Å². The monoisotopic (exact) mass is 307 g/mol. The van der Waals surface area contributed by atoms with E-state index in [0.29, 0.717) is 0 Å². The SMILES string of the molecule is COc1cc(C(C)NC(C)c2cc(C)sc2C)ccc1F. The minimum absolute atomic E-state index is 0.120. The van der Waals surface area contributed by atoms with Gasteiger partial charge in [0.2, 0.25) is 0 Å². The van der Waals surface area contributed by atoms with Crippen LogP contribution in [0.15, 0.2) is 24.3 Å². The fraction of sp³-hybridized carbons (Fsp3) is 0.412. The van der Waals surface area contributed by atoms with Crippen molar-refractivity contribution in [3.8, 4) is 5.75 Å². The summed E-state index contributed by atoms with van der Waals surface area (Å²) in [5.41, 5.74) is 2.35. The normalized spacial score (nSPS) is 14.0. The molecule has 21 heavy (non-hydrogen) atoms. The van der Waals surface area contributed by atoms with Crippen LogP contribution < -0.4 is 10.1 Å². The number of rotatable bonds is 5. The maximum absolute atomic E-state index is 13.5. The van der Waals surface area contributed by atoms with Crippen LogP contribution in [0.2, 0.25) is 0 Å². The predicted octanol–water partition coefficient (Wildman–Crippen LogP) is 4.92. The Hall–Kier alpha value is -1.39. The lowest BCUT2D eigenvalue weighted by Gasteiger charge is -2.21. The topological polar surface area (TPSA) is 21.3 Å². The minimum atomic E-state index is -0.328. The highest BCUT2D eigenvalue weighted by atomic mass is 32.1. The number of hydrogen-bond acceptors (Lipinski definition) is 3. The van der Waals surface area contributed by atoms with Gasteiger partial charge in [-0.1, -0.05) is 6.07 Å². The molecule has 0 saturated heterocycles. The van der Waals surface area contributed by atoms with Crippen molar-refractivity contribution in [3.05, 3.63) is 51.0 Å². The van der Waals surface area contributed by atoms with Crippen molar-refractivity contribution in [1.29, 1.82) is 0 Å². The fourth-order valence-electron chi connectivity index (χ4n) is 2.59. The Morgan fingerprint density at radius 3 is 2.43 bits per heavy atom. The molecule has 2 rings (SSSR count). The molecule has 2 nitrogen and oxygen atoms in total. The number of benzene rings is 1. The van der Waals surface area contributed by atoms with E-state index in [2.05, 4.69) is 39.1 Å². The summed E-state index contributed by atoms with van der Waals surface area (Å²) >= 11 is 1.82. The van der Waals surface area contributed by atoms with E-state index < -0.39 is 0 Å². The highest BCUT2D eigenvalue weighted by Gasteiger charge is 2.16. The molecule has 0 aliphatic heterocycles. The molecule has 0 fully saturated rings. The quantitative estimate of drug-likeness (QED) is 0.846. The third kappa shape index (κ3) is 3.63. The molecular formula is C17H22FNOS. The van der Waals surface area contributed by atoms with Gasteiger partial charge in [-0.05, 0) is 57.0 Å². The Morgan fingerprint density at radius 1 is 1.14 bits per heavy atom. The molecule has 0 radical (unpaired) electrons. The molecule has 0 aliphatic rings. The first-order chi connectivity index (χ1) is 9.92. The van der Waals surface area contributed by atoms with Gasteiger partial charge in [0, 0.05) is 21.8 Å². The lowest BCUT2D eigenvalue weighted by atomic mass is 10.0. The first-order valence-corrected chi connectivity index (χ1v) is 7.90. The van der Waals surface area contributed by atoms with Crippen molar-refractivity contribution in [1.82, 2.24) is 5.32 Å². The van der Waals surface area contributed by atoms with Gasteiger partial charge in [0.05, 0.1) is 7.11 Å². The smallest absolute Gasteiger partial charge is 0.165 e. The Morgan fingerprint density at radius 2 is 1.86 bits per heavy atom. The van der Waals surface area contributed by atoms with Crippen LogP contribution in [0.4, 0.5) is 4.39 Å². The minimum Gasteiger partial charge on any atom is -0.494 e. The molecule has 0 bridgehead atoms. The van der Waals surface area contributed by atoms with E-state index in [1.54, 1.807) is 12.1 Å². The third-order valence-electron chi connectivity index (χ3n) is 3.72. The standard InChI is InChI=1S/C17H22FNOS/c1-10-8-15(13(4)21-10)12(3)19-11(2)14-6-7-16(18)17(9-14)20-5/h6-9,11-12,19H,1-5H3. The fourth-order valence-corrected chi connectivity index (χ4v) is 3.61. The number of ether oxygens (including phenoxy) is 1. The number of nitrogens with one attached hydrogen (secondary N) is 1. The molecular weight excluding hydrogens is 285 g/mol. The van der Waals surface area contributed by atoms with Crippen LogP contribution in [0.5, 0.6) is 5.75 Å². The van der Waals surface area contributed by atoms with E-state index in [1.807, 2.05) is 11.3 Å². The molecule has 0 aliphatic carbocycles. The van der Waals surface area contributed by atoms with Gasteiger partial charge in [-0.15, -0.1) is 11.3 Å². The summed E-state index contributed by atoms with van der Waals surface area (Å²) in [4.78, 5) is 2.67. The summed E-state index contributed by atoms with van der Waals surface area (Å²) in [6, 6.07) is 7.61. The molecule has 4 heteroatoms. The molecule has 114 valence electrons. The average Bonchev–Trinajstić information content (AvgIpc) is 2.78. The van der Waals surface area contributed by atoms with E-state index in [9.17, 15) is 4.39 Å². The number of aryl methyl sites for hydroxylation is 2. The van der Waals surface area contributed by atoms with Crippen LogP contribution >= 0.6 is 11.3 Å². The van der Waals surface area contributed by atoms with Crippen molar-refractivity contribution >= 4 is 11.3 Å². The first kappa shape index (κ1) is 16.0. The van der Waals surface area contributed by atoms with Crippen LogP contribution in [0.3, 0.4) is 0 Å². The number of halogens is 1. The number of hydrogen-bond donors (Lipinski definition) is 1. The second kappa shape index (κ2) is 6.58. The zero-order valence-corrected chi connectivity index (χ0v) is 14.0. The van der Waals surface area contributed by atoms with Gasteiger partial charge in [0.1, 0.15) is 0 Å². The summed E-state index contributed by atoms with van der Waals surface area (Å²) < 4.78 is 18.5. The molecule has 2 atom stereocenters. The molecule has 1 aromatic carbocycles. The van der Waals surface area contributed by atoms with Gasteiger partial charge in [-0.2, -0.15) is 0 Å². The lowest BCUT2D eigenvalue weighted by molar-refractivity contribution is 0.384. The predicted molar refractivity (Wildman–Crippen MR) is 86.7 cm³/mol. The van der Waals surface area contributed by atoms with Crippen LogP contribution in [-0.2, 0) is 0 Å². The summed E-state index contributed by atoms with van der Waals surface area (Å²) in [5, 5.41) is 3.57. The van der Waals surface area contributed by atoms with E-state index in [-0.39, 0.29) is 23.7 Å². The Kier molecular flexibility index (Phi) is 5.01. The maximum atomic E-state index is 13.5. The van der Waals surface area contributed by atoms with Crippen molar-refractivity contribution < 1.29 is 9.13 Å². The van der Waals surface area contributed by atoms with Gasteiger partial charge in [0.25, 0.3) is 0 Å². The number of thiophene rings is 1. The first-order valence-electron chi connectivity index (χ1n) is 7.08. The second-order valence-electron chi connectivity index (χ2n) is 5.37. The van der Waals surface area contributed by atoms with Crippen LogP contribution in [-0.4, -0.2) is 7.11 Å². The molecule has 0 spiro atoms. The van der Waals surface area contributed by atoms with Crippen molar-refractivity contribution in [2.24, 2.45) is 0 Å². The van der Waals surface area contributed by atoms with E-state index in [1.165, 1.54) is 28.5 Å². The van der Waals surface area contributed by atoms with Crippen LogP contribution in [0.1, 0.15) is 46.8 Å². The largest absolute Gasteiger partial charge is 0.494 e. The Bertz CT molecular complexity index is 623. The average molecular weight is 307 g/mol. The molecule has 1 aromatic heterocycles. The Labute approximate surface area is 130 Å². The van der Waals surface area contributed by atoms with E-state index in [4.69, 9.17) is 4.74 Å². The highest BCUT2D eigenvalue weighted by molar-refractivity contribution is 7.12. The third-order valence-corrected chi connectivity index (χ3v) is 4.70. The Balaban J connectivity index is 2.14. The van der Waals surface area contributed by atoms with E-state index >= 15 is 0 Å². The molecule has 0 saturated carbocycles. The summed E-state index contributed by atoms with van der Waals surface area (Å²) in [6.45, 7) is 8.52. The van der Waals surface area contributed by atoms with Gasteiger partial charge in [-0.3, -0.25) is 0 Å². The van der Waals surface area contributed by atoms with Crippen molar-refractivity contribution in [2.75, 3.05) is 7.11 Å². The molecule has 1 heterocycles. The molecule has 1 N–H and O–H groups in total. The van der Waals surface area contributed by atoms with Crippen LogP contribution in [0.25, 0.3) is 0 Å². The maximum Gasteiger partial charge on any atom is 0.165 e. The summed E-state index contributed by atoms with van der Waals surface area (Å²) in [7, 11) is 1.49. The van der Waals surface area contributed by atoms with Crippen molar-refractivity contribution in [2.45, 2.75) is 39.8 Å². The second-order valence-corrected chi connectivity index (χ2v) is 6.83. The molecule has 0 amide bonds. The van der Waals surface area contributed by atoms with Crippen molar-refractivity contribution in [3.63, 3.8) is 0 Å². The van der Waals surface area contributed by atoms with Gasteiger partial charge in [-0.25, -0.2) is 4.39 Å². The van der Waals surface area contributed by atoms with Crippen LogP contribution in [0, 0.1) is 19.7 Å². The molecule has 2 unspecified atom stereocenters. The zero-order chi connectivity index (χ0) is 15.6. The van der Waals surface area contributed by atoms with Gasteiger partial charge in [0.15, 0.2) is 11.6 Å². The lowest BCUT2D eigenvalue weighted by Crippen LogP contribution is -2.22. The molecule has 2 aromatic rings. The summed E-state index contributed by atoms with van der Waals surface area (Å²) in [6.07, 6.45) is 0. The van der Waals surface area contributed by atoms with Gasteiger partial charge >= 0.3 is 0 Å². The number of methoxy groups -OCH3 is 1. The van der Waals surface area contributed by atoms with E-state index in [0.717, 1.165) is 5.56 Å².